The summed E-state index contributed by atoms with van der Waals surface area (Å²) in [6.45, 7) is 2.04. The van der Waals surface area contributed by atoms with Crippen molar-refractivity contribution in [2.24, 2.45) is 5.92 Å². The summed E-state index contributed by atoms with van der Waals surface area (Å²) in [7, 11) is -2.48. The third kappa shape index (κ3) is 5.03. The van der Waals surface area contributed by atoms with Crippen molar-refractivity contribution in [3.63, 3.8) is 0 Å². The molecule has 0 aromatic heterocycles. The Balaban J connectivity index is 0.00000264. The number of nitro benzene ring substituents is 1. The van der Waals surface area contributed by atoms with E-state index >= 15 is 0 Å². The van der Waals surface area contributed by atoms with Gasteiger partial charge in [-0.3, -0.25) is 10.1 Å². The van der Waals surface area contributed by atoms with Crippen LogP contribution in [0.25, 0.3) is 0 Å². The Morgan fingerprint density at radius 1 is 1.48 bits per heavy atom. The van der Waals surface area contributed by atoms with Crippen LogP contribution in [0.4, 0.5) is 5.69 Å². The molecule has 1 aliphatic rings. The van der Waals surface area contributed by atoms with Crippen LogP contribution in [-0.2, 0) is 10.0 Å². The zero-order valence-electron chi connectivity index (χ0n) is 12.6. The van der Waals surface area contributed by atoms with Crippen LogP contribution in [-0.4, -0.2) is 40.1 Å². The van der Waals surface area contributed by atoms with Gasteiger partial charge in [0.1, 0.15) is 0 Å². The number of sulfonamides is 1. The summed E-state index contributed by atoms with van der Waals surface area (Å²) in [5, 5.41) is 14.2. The van der Waals surface area contributed by atoms with Gasteiger partial charge in [0.25, 0.3) is 0 Å². The number of methoxy groups -OCH3 is 1. The van der Waals surface area contributed by atoms with E-state index < -0.39 is 14.9 Å². The minimum Gasteiger partial charge on any atom is -0.490 e. The molecule has 1 fully saturated rings. The largest absolute Gasteiger partial charge is 0.490 e. The molecular formula is C13H20ClN3O5S. The van der Waals surface area contributed by atoms with Crippen LogP contribution < -0.4 is 14.8 Å². The summed E-state index contributed by atoms with van der Waals surface area (Å²) in [6.07, 6.45) is 1.97. The van der Waals surface area contributed by atoms with Crippen molar-refractivity contribution in [1.29, 1.82) is 0 Å². The average Bonchev–Trinajstić information content (AvgIpc) is 2.53. The zero-order valence-corrected chi connectivity index (χ0v) is 14.3. The number of nitrogens with zero attached hydrogens (tertiary/aromatic N) is 1. The molecule has 1 saturated heterocycles. The second-order valence-corrected chi connectivity index (χ2v) is 6.92. The first-order chi connectivity index (χ1) is 10.4. The van der Waals surface area contributed by atoms with Crippen LogP contribution in [0.2, 0.25) is 0 Å². The van der Waals surface area contributed by atoms with E-state index in [2.05, 4.69) is 10.0 Å². The van der Waals surface area contributed by atoms with Crippen molar-refractivity contribution in [2.75, 3.05) is 26.7 Å². The quantitative estimate of drug-likeness (QED) is 0.580. The van der Waals surface area contributed by atoms with Gasteiger partial charge in [0.05, 0.1) is 16.9 Å². The molecular weight excluding hydrogens is 346 g/mol. The van der Waals surface area contributed by atoms with Crippen LogP contribution in [0.1, 0.15) is 12.8 Å². The van der Waals surface area contributed by atoms with E-state index in [1.807, 2.05) is 0 Å². The minimum absolute atomic E-state index is 0. The van der Waals surface area contributed by atoms with Crippen molar-refractivity contribution in [1.82, 2.24) is 10.0 Å². The molecule has 0 spiro atoms. The molecule has 0 radical (unpaired) electrons. The number of halogens is 1. The van der Waals surface area contributed by atoms with E-state index in [4.69, 9.17) is 4.74 Å². The number of rotatable bonds is 6. The van der Waals surface area contributed by atoms with Gasteiger partial charge in [-0.15, -0.1) is 12.4 Å². The molecule has 130 valence electrons. The summed E-state index contributed by atoms with van der Waals surface area (Å²) in [5.41, 5.74) is -0.371. The molecule has 23 heavy (non-hydrogen) atoms. The summed E-state index contributed by atoms with van der Waals surface area (Å²) < 4.78 is 31.9. The Morgan fingerprint density at radius 2 is 2.22 bits per heavy atom. The molecule has 1 unspecified atom stereocenters. The topological polar surface area (TPSA) is 111 Å². The summed E-state index contributed by atoms with van der Waals surface area (Å²) >= 11 is 0. The summed E-state index contributed by atoms with van der Waals surface area (Å²) in [6, 6.07) is 3.60. The predicted octanol–water partition coefficient (Wildman–Crippen LogP) is 1.30. The average molecular weight is 366 g/mol. The first kappa shape index (κ1) is 19.6. The molecule has 10 heteroatoms. The second kappa shape index (κ2) is 8.44. The lowest BCUT2D eigenvalue weighted by molar-refractivity contribution is -0.386. The number of nitrogens with one attached hydrogen (secondary N) is 2. The fraction of sp³-hybridized carbons (Fsp3) is 0.538. The number of nitro groups is 1. The molecule has 1 atom stereocenters. The van der Waals surface area contributed by atoms with Gasteiger partial charge in [-0.2, -0.15) is 0 Å². The van der Waals surface area contributed by atoms with Gasteiger partial charge in [-0.05, 0) is 44.0 Å². The lowest BCUT2D eigenvalue weighted by Gasteiger charge is -2.22. The maximum Gasteiger partial charge on any atom is 0.312 e. The standard InChI is InChI=1S/C13H19N3O5S.ClH/c1-21-13-5-4-11(7-12(13)16(17)18)22(19,20)15-9-10-3-2-6-14-8-10;/h4-5,7,10,14-15H,2-3,6,8-9H2,1H3;1H. The highest BCUT2D eigenvalue weighted by Crippen LogP contribution is 2.29. The second-order valence-electron chi connectivity index (χ2n) is 5.16. The Morgan fingerprint density at radius 3 is 2.78 bits per heavy atom. The van der Waals surface area contributed by atoms with Crippen molar-refractivity contribution in [3.8, 4) is 5.75 Å². The van der Waals surface area contributed by atoms with Gasteiger partial charge >= 0.3 is 5.69 Å². The molecule has 8 nitrogen and oxygen atoms in total. The third-order valence-electron chi connectivity index (χ3n) is 3.62. The number of piperidine rings is 1. The van der Waals surface area contributed by atoms with Gasteiger partial charge in [0, 0.05) is 12.6 Å². The van der Waals surface area contributed by atoms with Crippen molar-refractivity contribution in [2.45, 2.75) is 17.7 Å². The Hall–Kier alpha value is -1.42. The molecule has 0 amide bonds. The van der Waals surface area contributed by atoms with E-state index in [-0.39, 0.29) is 34.7 Å². The van der Waals surface area contributed by atoms with Gasteiger partial charge in [0.15, 0.2) is 5.75 Å². The molecule has 0 aliphatic carbocycles. The molecule has 0 bridgehead atoms. The number of benzene rings is 1. The summed E-state index contributed by atoms with van der Waals surface area (Å²) in [4.78, 5) is 10.2. The molecule has 0 saturated carbocycles. The first-order valence-corrected chi connectivity index (χ1v) is 8.45. The van der Waals surface area contributed by atoms with Crippen LogP contribution in [0.5, 0.6) is 5.75 Å². The molecule has 1 heterocycles. The van der Waals surface area contributed by atoms with Crippen molar-refractivity contribution < 1.29 is 18.1 Å². The highest BCUT2D eigenvalue weighted by Gasteiger charge is 2.23. The van der Waals surface area contributed by atoms with Gasteiger partial charge in [-0.25, -0.2) is 13.1 Å². The Kier molecular flexibility index (Phi) is 7.20. The third-order valence-corrected chi connectivity index (χ3v) is 5.04. The maximum absolute atomic E-state index is 12.3. The Labute approximate surface area is 141 Å². The lowest BCUT2D eigenvalue weighted by atomic mass is 10.0. The molecule has 1 aromatic carbocycles. The van der Waals surface area contributed by atoms with Gasteiger partial charge in [-0.1, -0.05) is 0 Å². The maximum atomic E-state index is 12.3. The molecule has 2 rings (SSSR count). The highest BCUT2D eigenvalue weighted by molar-refractivity contribution is 7.89. The normalized spacial score (nSPS) is 18.0. The SMILES string of the molecule is COc1ccc(S(=O)(=O)NCC2CCCNC2)cc1[N+](=O)[O-].Cl. The molecule has 1 aromatic rings. The minimum atomic E-state index is -3.78. The zero-order chi connectivity index (χ0) is 16.2. The van der Waals surface area contributed by atoms with Crippen molar-refractivity contribution >= 4 is 28.1 Å². The Bertz CT molecular complexity index is 647. The lowest BCUT2D eigenvalue weighted by Crippen LogP contribution is -2.38. The van der Waals surface area contributed by atoms with Crippen LogP contribution in [0.15, 0.2) is 23.1 Å². The van der Waals surface area contributed by atoms with E-state index in [9.17, 15) is 18.5 Å². The number of ether oxygens (including phenoxy) is 1. The van der Waals surface area contributed by atoms with Gasteiger partial charge < -0.3 is 10.1 Å². The smallest absolute Gasteiger partial charge is 0.312 e. The fourth-order valence-corrected chi connectivity index (χ4v) is 3.52. The summed E-state index contributed by atoms with van der Waals surface area (Å²) in [5.74, 6) is 0.261. The fourth-order valence-electron chi connectivity index (χ4n) is 2.39. The van der Waals surface area contributed by atoms with E-state index in [1.165, 1.54) is 19.2 Å². The first-order valence-electron chi connectivity index (χ1n) is 6.97. The van der Waals surface area contributed by atoms with Crippen LogP contribution in [0, 0.1) is 16.0 Å². The molecule has 1 aliphatic heterocycles. The van der Waals surface area contributed by atoms with E-state index in [0.717, 1.165) is 32.0 Å². The molecule has 2 N–H and O–H groups in total. The van der Waals surface area contributed by atoms with E-state index in [0.29, 0.717) is 6.54 Å². The van der Waals surface area contributed by atoms with E-state index in [1.54, 1.807) is 0 Å². The number of hydrogen-bond donors (Lipinski definition) is 2. The van der Waals surface area contributed by atoms with Gasteiger partial charge in [0.2, 0.25) is 10.0 Å². The predicted molar refractivity (Wildman–Crippen MR) is 87.7 cm³/mol. The highest BCUT2D eigenvalue weighted by atomic mass is 35.5. The van der Waals surface area contributed by atoms with Crippen molar-refractivity contribution in [3.05, 3.63) is 28.3 Å². The monoisotopic (exact) mass is 365 g/mol. The van der Waals surface area contributed by atoms with Crippen LogP contribution >= 0.6 is 12.4 Å². The van der Waals surface area contributed by atoms with Crippen LogP contribution in [0.3, 0.4) is 0 Å². The number of hydrogen-bond acceptors (Lipinski definition) is 6.